The molecule has 1 atom stereocenters. The summed E-state index contributed by atoms with van der Waals surface area (Å²) in [4.78, 5) is 12.1. The van der Waals surface area contributed by atoms with Crippen LogP contribution in [0.4, 0.5) is 0 Å². The van der Waals surface area contributed by atoms with Crippen LogP contribution in [0.3, 0.4) is 0 Å². The number of carbonyl (C=O) groups excluding carboxylic acids is 1. The third kappa shape index (κ3) is 5.13. The van der Waals surface area contributed by atoms with Gasteiger partial charge in [0.2, 0.25) is 5.91 Å². The lowest BCUT2D eigenvalue weighted by Gasteiger charge is -2.25. The van der Waals surface area contributed by atoms with Crippen molar-refractivity contribution in [1.82, 2.24) is 10.6 Å². The van der Waals surface area contributed by atoms with Crippen molar-refractivity contribution < 1.29 is 4.79 Å². The molecule has 1 unspecified atom stereocenters. The van der Waals surface area contributed by atoms with Crippen LogP contribution in [0, 0.1) is 5.92 Å². The lowest BCUT2D eigenvalue weighted by molar-refractivity contribution is -0.123. The van der Waals surface area contributed by atoms with Crippen LogP contribution in [0.2, 0.25) is 0 Å². The summed E-state index contributed by atoms with van der Waals surface area (Å²) in [5, 5.41) is 6.58. The molecular weight excluding hydrogens is 236 g/mol. The van der Waals surface area contributed by atoms with Gasteiger partial charge < -0.3 is 10.6 Å². The van der Waals surface area contributed by atoms with Crippen molar-refractivity contribution in [3.63, 3.8) is 0 Å². The van der Waals surface area contributed by atoms with Crippen LogP contribution in [0.15, 0.2) is 0 Å². The molecule has 0 saturated heterocycles. The Balaban J connectivity index is 1.58. The van der Waals surface area contributed by atoms with Crippen molar-refractivity contribution in [3.8, 4) is 0 Å². The van der Waals surface area contributed by atoms with Gasteiger partial charge in [0.1, 0.15) is 0 Å². The molecule has 0 aromatic heterocycles. The molecule has 0 spiro atoms. The van der Waals surface area contributed by atoms with E-state index in [9.17, 15) is 4.79 Å². The molecule has 2 N–H and O–H groups in total. The number of hydrogen-bond donors (Lipinski definition) is 2. The molecule has 2 aliphatic carbocycles. The fraction of sp³-hybridized carbons (Fsp3) is 0.938. The van der Waals surface area contributed by atoms with Gasteiger partial charge in [-0.25, -0.2) is 0 Å². The summed E-state index contributed by atoms with van der Waals surface area (Å²) < 4.78 is 0. The van der Waals surface area contributed by atoms with Crippen LogP contribution in [-0.4, -0.2) is 24.5 Å². The van der Waals surface area contributed by atoms with Gasteiger partial charge in [0.25, 0.3) is 0 Å². The summed E-state index contributed by atoms with van der Waals surface area (Å²) in [5.74, 6) is 1.10. The minimum atomic E-state index is -0.0386. The fourth-order valence-electron chi connectivity index (χ4n) is 3.47. The lowest BCUT2D eigenvalue weighted by Crippen LogP contribution is -2.47. The van der Waals surface area contributed by atoms with Crippen molar-refractivity contribution in [3.05, 3.63) is 0 Å². The van der Waals surface area contributed by atoms with Crippen molar-refractivity contribution in [2.75, 3.05) is 6.54 Å². The first kappa shape index (κ1) is 14.8. The highest BCUT2D eigenvalue weighted by atomic mass is 16.2. The first-order valence-corrected chi connectivity index (χ1v) is 8.29. The first-order valence-electron chi connectivity index (χ1n) is 8.29. The highest BCUT2D eigenvalue weighted by molar-refractivity contribution is 5.81. The Morgan fingerprint density at radius 3 is 2.37 bits per heavy atom. The largest absolute Gasteiger partial charge is 0.352 e. The fourth-order valence-corrected chi connectivity index (χ4v) is 3.47. The van der Waals surface area contributed by atoms with E-state index >= 15 is 0 Å². The maximum absolute atomic E-state index is 12.1. The second-order valence-corrected chi connectivity index (χ2v) is 6.46. The Bertz CT molecular complexity index is 268. The first-order chi connectivity index (χ1) is 9.25. The summed E-state index contributed by atoms with van der Waals surface area (Å²) in [5.41, 5.74) is 0. The third-order valence-electron chi connectivity index (χ3n) is 4.82. The molecule has 19 heavy (non-hydrogen) atoms. The second kappa shape index (κ2) is 7.88. The summed E-state index contributed by atoms with van der Waals surface area (Å²) in [6, 6.07) is 0.392. The lowest BCUT2D eigenvalue weighted by atomic mass is 9.95. The van der Waals surface area contributed by atoms with Crippen molar-refractivity contribution in [2.45, 2.75) is 83.2 Å². The molecule has 2 rings (SSSR count). The van der Waals surface area contributed by atoms with Crippen LogP contribution in [0.5, 0.6) is 0 Å². The highest BCUT2D eigenvalue weighted by Gasteiger charge is 2.20. The van der Waals surface area contributed by atoms with E-state index in [1.807, 2.05) is 6.92 Å². The Morgan fingerprint density at radius 2 is 1.68 bits per heavy atom. The molecule has 0 heterocycles. The molecule has 2 saturated carbocycles. The topological polar surface area (TPSA) is 41.1 Å². The molecular formula is C16H30N2O. The molecule has 0 radical (unpaired) electrons. The van der Waals surface area contributed by atoms with E-state index in [0.717, 1.165) is 12.5 Å². The van der Waals surface area contributed by atoms with Crippen LogP contribution >= 0.6 is 0 Å². The van der Waals surface area contributed by atoms with E-state index < -0.39 is 0 Å². The molecule has 3 heteroatoms. The van der Waals surface area contributed by atoms with Gasteiger partial charge in [0.15, 0.2) is 0 Å². The number of rotatable bonds is 6. The zero-order valence-corrected chi connectivity index (χ0v) is 12.4. The van der Waals surface area contributed by atoms with Gasteiger partial charge >= 0.3 is 0 Å². The number of amides is 1. The molecule has 3 nitrogen and oxygen atoms in total. The molecule has 0 bridgehead atoms. The minimum absolute atomic E-state index is 0.0386. The Kier molecular flexibility index (Phi) is 6.15. The van der Waals surface area contributed by atoms with E-state index in [1.54, 1.807) is 0 Å². The van der Waals surface area contributed by atoms with E-state index in [-0.39, 0.29) is 11.9 Å². The van der Waals surface area contributed by atoms with E-state index in [2.05, 4.69) is 10.6 Å². The Morgan fingerprint density at radius 1 is 1.05 bits per heavy atom. The summed E-state index contributed by atoms with van der Waals surface area (Å²) >= 11 is 0. The second-order valence-electron chi connectivity index (χ2n) is 6.46. The maximum atomic E-state index is 12.1. The van der Waals surface area contributed by atoms with E-state index in [0.29, 0.717) is 6.04 Å². The van der Waals surface area contributed by atoms with Gasteiger partial charge in [-0.15, -0.1) is 0 Å². The van der Waals surface area contributed by atoms with Crippen molar-refractivity contribution in [2.24, 2.45) is 5.92 Å². The van der Waals surface area contributed by atoms with Crippen molar-refractivity contribution in [1.29, 1.82) is 0 Å². The molecule has 0 aromatic rings. The summed E-state index contributed by atoms with van der Waals surface area (Å²) in [7, 11) is 0. The zero-order chi connectivity index (χ0) is 13.5. The quantitative estimate of drug-likeness (QED) is 0.776. The predicted molar refractivity (Wildman–Crippen MR) is 79.1 cm³/mol. The average Bonchev–Trinajstić information content (AvgIpc) is 2.93. The molecule has 110 valence electrons. The molecule has 2 fully saturated rings. The number of nitrogens with one attached hydrogen (secondary N) is 2. The average molecular weight is 266 g/mol. The molecule has 1 amide bonds. The summed E-state index contributed by atoms with van der Waals surface area (Å²) in [6.45, 7) is 2.98. The standard InChI is InChI=1S/C16H30N2O/c1-13(17-12-11-14-7-5-6-8-14)16(19)18-15-9-3-2-4-10-15/h13-15,17H,2-12H2,1H3,(H,18,19). The smallest absolute Gasteiger partial charge is 0.237 e. The van der Waals surface area contributed by atoms with Crippen LogP contribution < -0.4 is 10.6 Å². The van der Waals surface area contributed by atoms with E-state index in [1.165, 1.54) is 64.2 Å². The van der Waals surface area contributed by atoms with E-state index in [4.69, 9.17) is 0 Å². The summed E-state index contributed by atoms with van der Waals surface area (Å²) in [6.07, 6.45) is 13.0. The highest BCUT2D eigenvalue weighted by Crippen LogP contribution is 2.26. The van der Waals surface area contributed by atoms with Crippen LogP contribution in [0.25, 0.3) is 0 Å². The Labute approximate surface area is 117 Å². The zero-order valence-electron chi connectivity index (χ0n) is 12.4. The number of carbonyl (C=O) groups is 1. The molecule has 0 aromatic carbocycles. The monoisotopic (exact) mass is 266 g/mol. The van der Waals surface area contributed by atoms with Gasteiger partial charge in [-0.1, -0.05) is 44.9 Å². The van der Waals surface area contributed by atoms with Crippen molar-refractivity contribution >= 4 is 5.91 Å². The minimum Gasteiger partial charge on any atom is -0.352 e. The van der Waals surface area contributed by atoms with Gasteiger partial charge in [-0.3, -0.25) is 4.79 Å². The molecule has 2 aliphatic rings. The molecule has 0 aliphatic heterocycles. The SMILES string of the molecule is CC(NCCC1CCCC1)C(=O)NC1CCCCC1. The predicted octanol–water partition coefficient (Wildman–Crippen LogP) is 2.99. The normalized spacial score (nSPS) is 23.4. The van der Waals surface area contributed by atoms with Crippen LogP contribution in [0.1, 0.15) is 71.1 Å². The maximum Gasteiger partial charge on any atom is 0.237 e. The van der Waals surface area contributed by atoms with Gasteiger partial charge in [-0.05, 0) is 38.6 Å². The number of hydrogen-bond acceptors (Lipinski definition) is 2. The third-order valence-corrected chi connectivity index (χ3v) is 4.82. The van der Waals surface area contributed by atoms with Gasteiger partial charge in [-0.2, -0.15) is 0 Å². The van der Waals surface area contributed by atoms with Crippen LogP contribution in [-0.2, 0) is 4.79 Å². The van der Waals surface area contributed by atoms with Gasteiger partial charge in [0, 0.05) is 6.04 Å². The van der Waals surface area contributed by atoms with Gasteiger partial charge in [0.05, 0.1) is 6.04 Å². The Hall–Kier alpha value is -0.570.